The number of ether oxygens (including phenoxy) is 1. The van der Waals surface area contributed by atoms with Gasteiger partial charge in [-0.3, -0.25) is 14.1 Å². The topological polar surface area (TPSA) is 158 Å². The second-order valence-corrected chi connectivity index (χ2v) is 10.2. The molecule has 2 aliphatic rings. The summed E-state index contributed by atoms with van der Waals surface area (Å²) in [5.41, 5.74) is 8.15. The summed E-state index contributed by atoms with van der Waals surface area (Å²) in [4.78, 5) is 24.9. The van der Waals surface area contributed by atoms with Crippen molar-refractivity contribution in [2.45, 2.75) is 31.9 Å². The Kier molecular flexibility index (Phi) is 6.13. The number of amides is 1. The van der Waals surface area contributed by atoms with Gasteiger partial charge in [0, 0.05) is 37.8 Å². The highest BCUT2D eigenvalue weighted by molar-refractivity contribution is 6.35. The van der Waals surface area contributed by atoms with Gasteiger partial charge in [-0.1, -0.05) is 17.7 Å². The standard InChI is InChI=1S/C24H28ClN9O4/c1-14-20(26)24(13-36-14)6-8-33(9-7-24)18-11-27-23-21(30-18)31-38-34(37-23)17-5-3-4-16(19(17)25)29-22(35)15-10-28-32(2)12-15/h3-5,10-12,14,20H,6-9,13,26H2,1-2H3,(H,29,35)(H,30,31)/t14-,20+/m0/s1. The van der Waals surface area contributed by atoms with Crippen molar-refractivity contribution >= 4 is 40.4 Å². The predicted octanol–water partition coefficient (Wildman–Crippen LogP) is 3.03. The number of aromatic nitrogens is 6. The number of carbonyl (C=O) groups is 1. The van der Waals surface area contributed by atoms with Crippen molar-refractivity contribution in [2.24, 2.45) is 18.2 Å². The molecule has 5 heterocycles. The normalized spacial score (nSPS) is 20.8. The fourth-order valence-electron chi connectivity index (χ4n) is 5.08. The maximum atomic E-state index is 12.6. The number of hydrogen-bond donors (Lipinski definition) is 3. The van der Waals surface area contributed by atoms with Crippen molar-refractivity contribution < 1.29 is 18.7 Å². The number of fused-ring (bicyclic) bond motifs is 1. The van der Waals surface area contributed by atoms with Crippen LogP contribution in [0.5, 0.6) is 0 Å². The summed E-state index contributed by atoms with van der Waals surface area (Å²) in [6, 6.07) is 5.11. The first kappa shape index (κ1) is 24.5. The molecule has 6 rings (SSSR count). The van der Waals surface area contributed by atoms with Crippen LogP contribution in [-0.2, 0) is 11.8 Å². The Hall–Kier alpha value is -3.81. The van der Waals surface area contributed by atoms with E-state index < -0.39 is 0 Å². The molecular formula is C24H28ClN9O4. The Bertz CT molecular complexity index is 1520. The second kappa shape index (κ2) is 9.49. The summed E-state index contributed by atoms with van der Waals surface area (Å²) >= 11 is 6.58. The van der Waals surface area contributed by atoms with Crippen molar-refractivity contribution in [2.75, 3.05) is 29.9 Å². The predicted molar refractivity (Wildman–Crippen MR) is 139 cm³/mol. The Labute approximate surface area is 222 Å². The van der Waals surface area contributed by atoms with Crippen LogP contribution in [0.4, 0.5) is 11.5 Å². The Morgan fingerprint density at radius 3 is 2.82 bits per heavy atom. The number of aryl methyl sites for hydroxylation is 1. The van der Waals surface area contributed by atoms with Gasteiger partial charge < -0.3 is 25.2 Å². The van der Waals surface area contributed by atoms with Crippen LogP contribution < -0.4 is 16.0 Å². The van der Waals surface area contributed by atoms with Crippen molar-refractivity contribution in [1.82, 2.24) is 29.8 Å². The van der Waals surface area contributed by atoms with E-state index in [4.69, 9.17) is 31.2 Å². The quantitative estimate of drug-likeness (QED) is 0.353. The van der Waals surface area contributed by atoms with Gasteiger partial charge in [-0.2, -0.15) is 10.3 Å². The van der Waals surface area contributed by atoms with Gasteiger partial charge in [0.1, 0.15) is 11.5 Å². The average Bonchev–Trinajstić information content (AvgIpc) is 3.49. The molecule has 0 aliphatic carbocycles. The van der Waals surface area contributed by atoms with Crippen LogP contribution in [0.15, 0.2) is 45.9 Å². The number of nitrogens with two attached hydrogens (primary N) is 1. The molecule has 2 saturated heterocycles. The third kappa shape index (κ3) is 4.31. The minimum absolute atomic E-state index is 0.0216. The number of nitrogens with one attached hydrogen (secondary N) is 2. The molecule has 3 aromatic heterocycles. The first-order valence-electron chi connectivity index (χ1n) is 12.3. The van der Waals surface area contributed by atoms with Crippen molar-refractivity contribution in [1.29, 1.82) is 0 Å². The number of anilines is 2. The van der Waals surface area contributed by atoms with Gasteiger partial charge in [-0.05, 0) is 36.8 Å². The van der Waals surface area contributed by atoms with Gasteiger partial charge in [0.25, 0.3) is 11.6 Å². The third-order valence-corrected chi connectivity index (χ3v) is 7.84. The highest BCUT2D eigenvalue weighted by atomic mass is 35.5. The lowest BCUT2D eigenvalue weighted by Gasteiger charge is -2.41. The Balaban J connectivity index is 1.20. The number of piperidine rings is 1. The molecular weight excluding hydrogens is 514 g/mol. The summed E-state index contributed by atoms with van der Waals surface area (Å²) < 4.78 is 18.7. The van der Waals surface area contributed by atoms with Gasteiger partial charge in [-0.15, -0.1) is 0 Å². The van der Waals surface area contributed by atoms with Crippen LogP contribution in [-0.4, -0.2) is 67.6 Å². The number of H-pyrrole nitrogens is 1. The van der Waals surface area contributed by atoms with Gasteiger partial charge in [0.05, 0.1) is 41.4 Å². The molecule has 2 atom stereocenters. The number of benzene rings is 1. The van der Waals surface area contributed by atoms with E-state index >= 15 is 0 Å². The van der Waals surface area contributed by atoms with E-state index in [-0.39, 0.29) is 34.2 Å². The van der Waals surface area contributed by atoms with Crippen molar-refractivity contribution in [3.63, 3.8) is 0 Å². The molecule has 0 saturated carbocycles. The van der Waals surface area contributed by atoms with E-state index in [1.54, 1.807) is 42.3 Å². The van der Waals surface area contributed by atoms with Gasteiger partial charge >= 0.3 is 0 Å². The van der Waals surface area contributed by atoms with Crippen LogP contribution in [0.3, 0.4) is 0 Å². The first-order chi connectivity index (χ1) is 18.3. The SMILES string of the molecule is C[C@@H]1OCC2(CCN(c3cnc4on(-c5cccc(NC(=O)c6cnn(C)c6)c5Cl)o[nH]c4n3)CC2)[C@@H]1N. The molecule has 1 amide bonds. The second-order valence-electron chi connectivity index (χ2n) is 9.81. The lowest BCUT2D eigenvalue weighted by Crippen LogP contribution is -2.50. The molecule has 1 aromatic carbocycles. The molecule has 4 aromatic rings. The average molecular weight is 542 g/mol. The van der Waals surface area contributed by atoms with Crippen LogP contribution >= 0.6 is 11.6 Å². The lowest BCUT2D eigenvalue weighted by molar-refractivity contribution is 0.0713. The van der Waals surface area contributed by atoms with Crippen LogP contribution in [0, 0.1) is 5.41 Å². The first-order valence-corrected chi connectivity index (χ1v) is 12.7. The summed E-state index contributed by atoms with van der Waals surface area (Å²) in [5, 5.41) is 9.77. The lowest BCUT2D eigenvalue weighted by atomic mass is 9.73. The molecule has 0 unspecified atom stereocenters. The zero-order valence-electron chi connectivity index (χ0n) is 20.9. The van der Waals surface area contributed by atoms with Crippen LogP contribution in [0.25, 0.3) is 17.0 Å². The largest absolute Gasteiger partial charge is 0.376 e. The van der Waals surface area contributed by atoms with Crippen molar-refractivity contribution in [3.8, 4) is 5.69 Å². The fraction of sp³-hybridized carbons (Fsp3) is 0.417. The van der Waals surface area contributed by atoms with Gasteiger partial charge in [-0.25, -0.2) is 9.97 Å². The van der Waals surface area contributed by atoms with E-state index in [0.29, 0.717) is 35.0 Å². The van der Waals surface area contributed by atoms with Crippen LogP contribution in [0.1, 0.15) is 30.1 Å². The molecule has 200 valence electrons. The summed E-state index contributed by atoms with van der Waals surface area (Å²) in [6.45, 7) is 4.35. The number of hydrogen-bond acceptors (Lipinski definition) is 9. The zero-order valence-corrected chi connectivity index (χ0v) is 21.7. The number of nitrogens with zero attached hydrogens (tertiary/aromatic N) is 6. The van der Waals surface area contributed by atoms with E-state index in [1.165, 1.54) is 6.20 Å². The monoisotopic (exact) mass is 541 g/mol. The molecule has 2 fully saturated rings. The Morgan fingerprint density at radius 1 is 1.29 bits per heavy atom. The van der Waals surface area contributed by atoms with Gasteiger partial charge in [0.2, 0.25) is 5.65 Å². The molecule has 0 bridgehead atoms. The summed E-state index contributed by atoms with van der Waals surface area (Å²) in [7, 11) is 1.73. The molecule has 14 heteroatoms. The molecule has 2 aliphatic heterocycles. The molecule has 1 spiro atoms. The summed E-state index contributed by atoms with van der Waals surface area (Å²) in [6.07, 6.45) is 6.69. The highest BCUT2D eigenvalue weighted by Gasteiger charge is 2.47. The van der Waals surface area contributed by atoms with Crippen molar-refractivity contribution in [3.05, 3.63) is 47.4 Å². The minimum Gasteiger partial charge on any atom is -0.376 e. The minimum atomic E-state index is -0.347. The van der Waals surface area contributed by atoms with E-state index in [9.17, 15) is 4.79 Å². The molecule has 0 radical (unpaired) electrons. The summed E-state index contributed by atoms with van der Waals surface area (Å²) in [5.74, 6) is 0.366. The smallest absolute Gasteiger partial charge is 0.296 e. The number of halogens is 1. The van der Waals surface area contributed by atoms with E-state index in [1.807, 2.05) is 6.92 Å². The Morgan fingerprint density at radius 2 is 2.11 bits per heavy atom. The maximum absolute atomic E-state index is 12.6. The fourth-order valence-corrected chi connectivity index (χ4v) is 5.32. The highest BCUT2D eigenvalue weighted by Crippen LogP contribution is 2.41. The number of carbonyl (C=O) groups excluding carboxylic acids is 1. The maximum Gasteiger partial charge on any atom is 0.296 e. The molecule has 13 nitrogen and oxygen atoms in total. The molecule has 4 N–H and O–H groups in total. The molecule has 38 heavy (non-hydrogen) atoms. The number of rotatable bonds is 4. The zero-order chi connectivity index (χ0) is 26.4. The van der Waals surface area contributed by atoms with E-state index in [2.05, 4.69) is 30.4 Å². The van der Waals surface area contributed by atoms with Crippen LogP contribution in [0.2, 0.25) is 5.02 Å². The number of aromatic amines is 1. The van der Waals surface area contributed by atoms with Gasteiger partial charge in [0.15, 0.2) is 0 Å². The van der Waals surface area contributed by atoms with E-state index in [0.717, 1.165) is 30.8 Å². The third-order valence-electron chi connectivity index (χ3n) is 7.44.